The summed E-state index contributed by atoms with van der Waals surface area (Å²) in [6, 6.07) is 3.57. The average molecular weight is 238 g/mol. The summed E-state index contributed by atoms with van der Waals surface area (Å²) in [6.45, 7) is 10.1. The Kier molecular flexibility index (Phi) is 4.84. The molecule has 3 N–H and O–H groups in total. The number of nitrogens with one attached hydrogen (secondary N) is 3. The minimum absolute atomic E-state index is 0.131. The van der Waals surface area contributed by atoms with Gasteiger partial charge in [0.15, 0.2) is 0 Å². The minimum Gasteiger partial charge on any atom is -0.311 e. The fraction of sp³-hybridized carbons (Fsp3) is 0.667. The van der Waals surface area contributed by atoms with Crippen LogP contribution < -0.4 is 16.2 Å². The first kappa shape index (κ1) is 13.9. The summed E-state index contributed by atoms with van der Waals surface area (Å²) >= 11 is 0. The second-order valence-electron chi connectivity index (χ2n) is 5.33. The van der Waals surface area contributed by atoms with Crippen LogP contribution >= 0.6 is 0 Å². The SMILES string of the molecule is CC(CNC(C)(C)C)NCc1ccc(=O)[nH]n1. The van der Waals surface area contributed by atoms with Crippen molar-refractivity contribution in [2.45, 2.75) is 45.8 Å². The smallest absolute Gasteiger partial charge is 0.264 e. The van der Waals surface area contributed by atoms with Gasteiger partial charge in [0.05, 0.1) is 5.69 Å². The first-order valence-electron chi connectivity index (χ1n) is 5.90. The van der Waals surface area contributed by atoms with Gasteiger partial charge in [0, 0.05) is 30.7 Å². The third-order valence-electron chi connectivity index (χ3n) is 2.31. The largest absolute Gasteiger partial charge is 0.311 e. The molecule has 0 aliphatic carbocycles. The molecule has 0 spiro atoms. The third kappa shape index (κ3) is 6.19. The van der Waals surface area contributed by atoms with Crippen molar-refractivity contribution < 1.29 is 0 Å². The first-order chi connectivity index (χ1) is 7.87. The van der Waals surface area contributed by atoms with E-state index in [-0.39, 0.29) is 11.1 Å². The van der Waals surface area contributed by atoms with E-state index in [1.165, 1.54) is 6.07 Å². The topological polar surface area (TPSA) is 69.8 Å². The Morgan fingerprint density at radius 1 is 1.41 bits per heavy atom. The van der Waals surface area contributed by atoms with Crippen molar-refractivity contribution in [1.29, 1.82) is 0 Å². The molecule has 1 aromatic heterocycles. The second kappa shape index (κ2) is 5.93. The van der Waals surface area contributed by atoms with Gasteiger partial charge in [0.2, 0.25) is 0 Å². The van der Waals surface area contributed by atoms with Crippen LogP contribution in [0.25, 0.3) is 0 Å². The Morgan fingerprint density at radius 2 is 2.12 bits per heavy atom. The van der Waals surface area contributed by atoms with E-state index in [0.29, 0.717) is 12.6 Å². The Morgan fingerprint density at radius 3 is 2.65 bits per heavy atom. The molecule has 0 fully saturated rings. The van der Waals surface area contributed by atoms with Crippen LogP contribution in [0.4, 0.5) is 0 Å². The summed E-state index contributed by atoms with van der Waals surface area (Å²) in [5.41, 5.74) is 0.801. The molecule has 0 saturated carbocycles. The number of aromatic amines is 1. The normalized spacial score (nSPS) is 13.6. The van der Waals surface area contributed by atoms with E-state index in [0.717, 1.165) is 12.2 Å². The molecule has 1 heterocycles. The van der Waals surface area contributed by atoms with Gasteiger partial charge in [-0.15, -0.1) is 0 Å². The highest BCUT2D eigenvalue weighted by molar-refractivity contribution is 4.99. The molecule has 1 aromatic rings. The highest BCUT2D eigenvalue weighted by atomic mass is 16.1. The molecule has 0 bridgehead atoms. The number of H-pyrrole nitrogens is 1. The monoisotopic (exact) mass is 238 g/mol. The summed E-state index contributed by atoms with van der Waals surface area (Å²) in [6.07, 6.45) is 0. The summed E-state index contributed by atoms with van der Waals surface area (Å²) < 4.78 is 0. The van der Waals surface area contributed by atoms with Crippen LogP contribution in [0.1, 0.15) is 33.4 Å². The number of rotatable bonds is 5. The van der Waals surface area contributed by atoms with E-state index < -0.39 is 0 Å². The molecule has 0 aliphatic rings. The third-order valence-corrected chi connectivity index (χ3v) is 2.31. The van der Waals surface area contributed by atoms with Crippen molar-refractivity contribution in [2.24, 2.45) is 0 Å². The highest BCUT2D eigenvalue weighted by Crippen LogP contribution is 1.98. The zero-order valence-electron chi connectivity index (χ0n) is 11.0. The zero-order valence-corrected chi connectivity index (χ0v) is 11.0. The number of aromatic nitrogens is 2. The molecule has 5 nitrogen and oxygen atoms in total. The van der Waals surface area contributed by atoms with Gasteiger partial charge >= 0.3 is 0 Å². The van der Waals surface area contributed by atoms with Gasteiger partial charge in [0.1, 0.15) is 0 Å². The van der Waals surface area contributed by atoms with E-state index in [9.17, 15) is 4.79 Å². The number of hydrogen-bond acceptors (Lipinski definition) is 4. The van der Waals surface area contributed by atoms with Crippen LogP contribution in [0, 0.1) is 0 Å². The fourth-order valence-electron chi connectivity index (χ4n) is 1.28. The van der Waals surface area contributed by atoms with Crippen molar-refractivity contribution >= 4 is 0 Å². The molecular formula is C12H22N4O. The van der Waals surface area contributed by atoms with Crippen LogP contribution in [0.2, 0.25) is 0 Å². The van der Waals surface area contributed by atoms with Gasteiger partial charge < -0.3 is 10.6 Å². The van der Waals surface area contributed by atoms with E-state index in [2.05, 4.69) is 48.5 Å². The second-order valence-corrected chi connectivity index (χ2v) is 5.33. The molecule has 1 rings (SSSR count). The summed E-state index contributed by atoms with van der Waals surface area (Å²) in [5.74, 6) is 0. The Hall–Kier alpha value is -1.20. The van der Waals surface area contributed by atoms with Crippen LogP contribution in [-0.2, 0) is 6.54 Å². The van der Waals surface area contributed by atoms with Crippen LogP contribution in [0.5, 0.6) is 0 Å². The predicted molar refractivity (Wildman–Crippen MR) is 68.9 cm³/mol. The molecule has 0 radical (unpaired) electrons. The van der Waals surface area contributed by atoms with Crippen molar-refractivity contribution in [1.82, 2.24) is 20.8 Å². The standard InChI is InChI=1S/C12H22N4O/c1-9(7-14-12(2,3)4)13-8-10-5-6-11(17)16-15-10/h5-6,9,13-14H,7-8H2,1-4H3,(H,16,17). The molecular weight excluding hydrogens is 216 g/mol. The maximum Gasteiger partial charge on any atom is 0.264 e. The van der Waals surface area contributed by atoms with Crippen molar-refractivity contribution in [3.63, 3.8) is 0 Å². The molecule has 5 heteroatoms. The van der Waals surface area contributed by atoms with Crippen LogP contribution in [0.15, 0.2) is 16.9 Å². The minimum atomic E-state index is -0.170. The lowest BCUT2D eigenvalue weighted by Gasteiger charge is -2.23. The Bertz CT molecular complexity index is 374. The van der Waals surface area contributed by atoms with E-state index in [1.807, 2.05) is 0 Å². The molecule has 0 aromatic carbocycles. The zero-order chi connectivity index (χ0) is 12.9. The molecule has 17 heavy (non-hydrogen) atoms. The maximum atomic E-state index is 10.8. The van der Waals surface area contributed by atoms with Crippen LogP contribution in [0.3, 0.4) is 0 Å². The van der Waals surface area contributed by atoms with Gasteiger partial charge in [-0.1, -0.05) is 0 Å². The lowest BCUT2D eigenvalue weighted by atomic mass is 10.1. The predicted octanol–water partition coefficient (Wildman–Crippen LogP) is 0.636. The lowest BCUT2D eigenvalue weighted by molar-refractivity contribution is 0.386. The molecule has 96 valence electrons. The quantitative estimate of drug-likeness (QED) is 0.704. The summed E-state index contributed by atoms with van der Waals surface area (Å²) in [5, 5.41) is 13.1. The molecule has 0 amide bonds. The van der Waals surface area contributed by atoms with Crippen LogP contribution in [-0.4, -0.2) is 28.3 Å². The van der Waals surface area contributed by atoms with Gasteiger partial charge in [-0.05, 0) is 33.8 Å². The van der Waals surface area contributed by atoms with E-state index in [1.54, 1.807) is 6.07 Å². The van der Waals surface area contributed by atoms with Gasteiger partial charge in [-0.25, -0.2) is 5.10 Å². The molecule has 0 aliphatic heterocycles. The van der Waals surface area contributed by atoms with Crippen molar-refractivity contribution in [2.75, 3.05) is 6.54 Å². The Balaban J connectivity index is 2.30. The van der Waals surface area contributed by atoms with E-state index in [4.69, 9.17) is 0 Å². The number of nitrogens with zero attached hydrogens (tertiary/aromatic N) is 1. The highest BCUT2D eigenvalue weighted by Gasteiger charge is 2.10. The summed E-state index contributed by atoms with van der Waals surface area (Å²) in [7, 11) is 0. The number of hydrogen-bond donors (Lipinski definition) is 3. The average Bonchev–Trinajstić information content (AvgIpc) is 2.25. The van der Waals surface area contributed by atoms with Crippen molar-refractivity contribution in [3.8, 4) is 0 Å². The van der Waals surface area contributed by atoms with Gasteiger partial charge in [-0.3, -0.25) is 4.79 Å². The van der Waals surface area contributed by atoms with Gasteiger partial charge in [0.25, 0.3) is 5.56 Å². The first-order valence-corrected chi connectivity index (χ1v) is 5.90. The lowest BCUT2D eigenvalue weighted by Crippen LogP contribution is -2.44. The molecule has 0 saturated heterocycles. The molecule has 1 atom stereocenters. The molecule has 1 unspecified atom stereocenters. The Labute approximate surface area is 102 Å². The van der Waals surface area contributed by atoms with Crippen molar-refractivity contribution in [3.05, 3.63) is 28.2 Å². The maximum absolute atomic E-state index is 10.8. The fourth-order valence-corrected chi connectivity index (χ4v) is 1.28. The van der Waals surface area contributed by atoms with E-state index >= 15 is 0 Å². The van der Waals surface area contributed by atoms with Gasteiger partial charge in [-0.2, -0.15) is 5.10 Å². The summed E-state index contributed by atoms with van der Waals surface area (Å²) in [4.78, 5) is 10.8.